The lowest BCUT2D eigenvalue weighted by atomic mass is 10.0. The molecule has 2 aromatic heterocycles. The molecule has 0 N–H and O–H groups in total. The SMILES string of the molecule is CC(=O)c1c(-c2cc(C)ccc2C)nc2n(CCN3CCCCC3)c3ccccc3n12.Cl.Cl. The summed E-state index contributed by atoms with van der Waals surface area (Å²) in [6.07, 6.45) is 3.92. The van der Waals surface area contributed by atoms with Crippen molar-refractivity contribution in [3.63, 3.8) is 0 Å². The minimum Gasteiger partial charge on any atom is -0.308 e. The highest BCUT2D eigenvalue weighted by Gasteiger charge is 2.24. The molecule has 33 heavy (non-hydrogen) atoms. The number of para-hydroxylation sites is 2. The van der Waals surface area contributed by atoms with Crippen LogP contribution in [0.3, 0.4) is 0 Å². The average Bonchev–Trinajstić information content (AvgIpc) is 3.30. The normalized spacial score (nSPS) is 14.3. The zero-order valence-corrected chi connectivity index (χ0v) is 21.1. The van der Waals surface area contributed by atoms with Crippen LogP contribution in [0, 0.1) is 13.8 Å². The van der Waals surface area contributed by atoms with E-state index in [0.29, 0.717) is 5.69 Å². The minimum absolute atomic E-state index is 0. The lowest BCUT2D eigenvalue weighted by Gasteiger charge is -2.26. The molecular formula is C26H32Cl2N4O. The van der Waals surface area contributed by atoms with E-state index in [1.165, 1.54) is 37.9 Å². The number of ketones is 1. The molecule has 0 spiro atoms. The molecule has 1 aliphatic rings. The number of Topliss-reactive ketones (excluding diaryl/α,β-unsaturated/α-hetero) is 1. The second-order valence-electron chi connectivity index (χ2n) is 8.86. The van der Waals surface area contributed by atoms with E-state index in [1.807, 2.05) is 6.07 Å². The summed E-state index contributed by atoms with van der Waals surface area (Å²) in [5.74, 6) is 0.904. The van der Waals surface area contributed by atoms with E-state index < -0.39 is 0 Å². The first-order chi connectivity index (χ1) is 15.0. The Morgan fingerprint density at radius 3 is 2.33 bits per heavy atom. The van der Waals surface area contributed by atoms with Crippen LogP contribution >= 0.6 is 24.8 Å². The van der Waals surface area contributed by atoms with Crippen molar-refractivity contribution in [2.75, 3.05) is 19.6 Å². The second kappa shape index (κ2) is 10.3. The molecule has 7 heteroatoms. The van der Waals surface area contributed by atoms with Gasteiger partial charge in [0, 0.05) is 25.6 Å². The Morgan fingerprint density at radius 2 is 1.64 bits per heavy atom. The molecule has 4 aromatic rings. The molecule has 5 rings (SSSR count). The van der Waals surface area contributed by atoms with Gasteiger partial charge in [0.2, 0.25) is 5.78 Å². The summed E-state index contributed by atoms with van der Waals surface area (Å²) in [7, 11) is 0. The van der Waals surface area contributed by atoms with Crippen LogP contribution in [-0.4, -0.2) is 44.3 Å². The fourth-order valence-electron chi connectivity index (χ4n) is 4.96. The van der Waals surface area contributed by atoms with Gasteiger partial charge in [0.1, 0.15) is 11.4 Å². The van der Waals surface area contributed by atoms with Gasteiger partial charge in [0.15, 0.2) is 5.78 Å². The minimum atomic E-state index is 0. The van der Waals surface area contributed by atoms with Crippen LogP contribution in [0.1, 0.15) is 47.8 Å². The van der Waals surface area contributed by atoms with Crippen LogP contribution in [0.25, 0.3) is 28.1 Å². The summed E-state index contributed by atoms with van der Waals surface area (Å²) in [6.45, 7) is 10.1. The number of imidazole rings is 2. The predicted octanol–water partition coefficient (Wildman–Crippen LogP) is 6.10. The van der Waals surface area contributed by atoms with E-state index in [1.54, 1.807) is 6.92 Å². The lowest BCUT2D eigenvalue weighted by Crippen LogP contribution is -2.32. The molecule has 5 nitrogen and oxygen atoms in total. The van der Waals surface area contributed by atoms with Crippen molar-refractivity contribution in [2.24, 2.45) is 0 Å². The zero-order valence-electron chi connectivity index (χ0n) is 19.5. The number of hydrogen-bond donors (Lipinski definition) is 0. The standard InChI is InChI=1S/C26H30N4O.2ClH/c1-18-11-12-19(2)21(17-18)24-25(20(3)31)30-23-10-6-5-9-22(23)29(26(30)27-24)16-15-28-13-7-4-8-14-28;;/h5-6,9-12,17H,4,7-8,13-16H2,1-3H3;2*1H. The van der Waals surface area contributed by atoms with E-state index in [0.717, 1.165) is 46.7 Å². The number of benzene rings is 2. The number of halogens is 2. The lowest BCUT2D eigenvalue weighted by molar-refractivity contribution is 0.101. The number of hydrogen-bond acceptors (Lipinski definition) is 3. The van der Waals surface area contributed by atoms with E-state index in [9.17, 15) is 4.79 Å². The molecule has 0 bridgehead atoms. The maximum atomic E-state index is 12.9. The van der Waals surface area contributed by atoms with E-state index in [4.69, 9.17) is 4.98 Å². The van der Waals surface area contributed by atoms with Gasteiger partial charge in [0.25, 0.3) is 0 Å². The first kappa shape index (κ1) is 25.3. The van der Waals surface area contributed by atoms with Crippen LogP contribution in [0.4, 0.5) is 0 Å². The highest BCUT2D eigenvalue weighted by molar-refractivity contribution is 6.02. The summed E-state index contributed by atoms with van der Waals surface area (Å²) in [4.78, 5) is 20.5. The summed E-state index contributed by atoms with van der Waals surface area (Å²) in [6, 6.07) is 14.7. The van der Waals surface area contributed by atoms with Crippen LogP contribution in [-0.2, 0) is 6.54 Å². The van der Waals surface area contributed by atoms with Crippen molar-refractivity contribution in [3.05, 3.63) is 59.3 Å². The van der Waals surface area contributed by atoms with Crippen LogP contribution < -0.4 is 0 Å². The largest absolute Gasteiger partial charge is 0.308 e. The topological polar surface area (TPSA) is 42.5 Å². The number of aryl methyl sites for hydroxylation is 2. The van der Waals surface area contributed by atoms with E-state index in [2.05, 4.69) is 64.1 Å². The fraction of sp³-hybridized carbons (Fsp3) is 0.385. The Labute approximate surface area is 207 Å². The summed E-state index contributed by atoms with van der Waals surface area (Å²) >= 11 is 0. The number of piperidine rings is 1. The van der Waals surface area contributed by atoms with E-state index in [-0.39, 0.29) is 30.6 Å². The third-order valence-corrected chi connectivity index (χ3v) is 6.58. The third-order valence-electron chi connectivity index (χ3n) is 6.58. The monoisotopic (exact) mass is 486 g/mol. The number of aromatic nitrogens is 3. The summed E-state index contributed by atoms with van der Waals surface area (Å²) < 4.78 is 4.37. The summed E-state index contributed by atoms with van der Waals surface area (Å²) in [5.41, 5.74) is 7.00. The van der Waals surface area contributed by atoms with Crippen molar-refractivity contribution in [1.82, 2.24) is 18.9 Å². The molecular weight excluding hydrogens is 455 g/mol. The Bertz CT molecular complexity index is 1280. The van der Waals surface area contributed by atoms with Crippen molar-refractivity contribution in [2.45, 2.75) is 46.6 Å². The number of carbonyl (C=O) groups is 1. The summed E-state index contributed by atoms with van der Waals surface area (Å²) in [5, 5.41) is 0. The maximum absolute atomic E-state index is 12.9. The third kappa shape index (κ3) is 4.54. The molecule has 1 aliphatic heterocycles. The first-order valence-corrected chi connectivity index (χ1v) is 11.3. The predicted molar refractivity (Wildman–Crippen MR) is 140 cm³/mol. The first-order valence-electron chi connectivity index (χ1n) is 11.3. The van der Waals surface area contributed by atoms with Gasteiger partial charge in [-0.3, -0.25) is 9.20 Å². The maximum Gasteiger partial charge on any atom is 0.216 e. The fourth-order valence-corrected chi connectivity index (χ4v) is 4.96. The van der Waals surface area contributed by atoms with E-state index >= 15 is 0 Å². The highest BCUT2D eigenvalue weighted by Crippen LogP contribution is 2.32. The van der Waals surface area contributed by atoms with Crippen LogP contribution in [0.2, 0.25) is 0 Å². The quantitative estimate of drug-likeness (QED) is 0.319. The molecule has 1 fully saturated rings. The molecule has 0 radical (unpaired) electrons. The number of rotatable bonds is 5. The van der Waals surface area contributed by atoms with Gasteiger partial charge < -0.3 is 9.47 Å². The molecule has 0 amide bonds. The smallest absolute Gasteiger partial charge is 0.216 e. The molecule has 0 atom stereocenters. The Morgan fingerprint density at radius 1 is 0.939 bits per heavy atom. The zero-order chi connectivity index (χ0) is 21.5. The van der Waals surface area contributed by atoms with Crippen molar-refractivity contribution in [3.8, 4) is 11.3 Å². The van der Waals surface area contributed by atoms with Crippen molar-refractivity contribution < 1.29 is 4.79 Å². The molecule has 1 saturated heterocycles. The van der Waals surface area contributed by atoms with Gasteiger partial charge in [-0.25, -0.2) is 4.98 Å². The molecule has 0 saturated carbocycles. The molecule has 0 aliphatic carbocycles. The molecule has 176 valence electrons. The number of carbonyl (C=O) groups excluding carboxylic acids is 1. The van der Waals surface area contributed by atoms with Gasteiger partial charge in [-0.2, -0.15) is 0 Å². The second-order valence-corrected chi connectivity index (χ2v) is 8.86. The van der Waals surface area contributed by atoms with Gasteiger partial charge in [-0.1, -0.05) is 36.2 Å². The van der Waals surface area contributed by atoms with Crippen molar-refractivity contribution in [1.29, 1.82) is 0 Å². The molecule has 3 heterocycles. The highest BCUT2D eigenvalue weighted by atomic mass is 35.5. The average molecular weight is 487 g/mol. The number of nitrogens with zero attached hydrogens (tertiary/aromatic N) is 4. The Kier molecular flexibility index (Phi) is 7.88. The van der Waals surface area contributed by atoms with Crippen molar-refractivity contribution >= 4 is 47.4 Å². The molecule has 0 unspecified atom stereocenters. The Balaban J connectivity index is 0.00000153. The van der Waals surface area contributed by atoms with Gasteiger partial charge in [-0.05, 0) is 63.5 Å². The van der Waals surface area contributed by atoms with Crippen LogP contribution in [0.15, 0.2) is 42.5 Å². The Hall–Kier alpha value is -2.34. The number of fused-ring (bicyclic) bond motifs is 3. The van der Waals surface area contributed by atoms with Gasteiger partial charge in [-0.15, -0.1) is 24.8 Å². The molecule has 2 aromatic carbocycles. The van der Waals surface area contributed by atoms with Gasteiger partial charge >= 0.3 is 0 Å². The van der Waals surface area contributed by atoms with Gasteiger partial charge in [0.05, 0.1) is 11.0 Å². The number of likely N-dealkylation sites (tertiary alicyclic amines) is 1. The van der Waals surface area contributed by atoms with Crippen LogP contribution in [0.5, 0.6) is 0 Å².